The molecule has 0 saturated heterocycles. The molecule has 1 aliphatic rings. The van der Waals surface area contributed by atoms with Gasteiger partial charge in [0.05, 0.1) is 22.7 Å². The predicted octanol–water partition coefficient (Wildman–Crippen LogP) is 2.95. The van der Waals surface area contributed by atoms with E-state index in [2.05, 4.69) is 37.3 Å². The third-order valence-electron chi connectivity index (χ3n) is 3.47. The lowest BCUT2D eigenvalue weighted by molar-refractivity contribution is 0.180. The molecule has 1 aliphatic heterocycles. The van der Waals surface area contributed by atoms with Crippen molar-refractivity contribution in [2.45, 2.75) is 12.5 Å². The van der Waals surface area contributed by atoms with E-state index in [1.807, 2.05) is 25.2 Å². The number of halogens is 1. The van der Waals surface area contributed by atoms with E-state index in [0.29, 0.717) is 13.2 Å². The fourth-order valence-electron chi connectivity index (χ4n) is 2.44. The van der Waals surface area contributed by atoms with Crippen molar-refractivity contribution in [2.24, 2.45) is 0 Å². The molecule has 1 N–H and O–H groups in total. The van der Waals surface area contributed by atoms with Crippen molar-refractivity contribution in [1.29, 1.82) is 0 Å². The second-order valence-corrected chi connectivity index (χ2v) is 5.57. The van der Waals surface area contributed by atoms with E-state index in [1.165, 1.54) is 0 Å². The zero-order valence-corrected chi connectivity index (χ0v) is 13.5. The van der Waals surface area contributed by atoms with Gasteiger partial charge in [-0.25, -0.2) is 9.97 Å². The molecular formula is C15H16BrN3O2. The van der Waals surface area contributed by atoms with Crippen LogP contribution in [0.5, 0.6) is 5.75 Å². The maximum Gasteiger partial charge on any atom is 0.144 e. The Morgan fingerprint density at radius 2 is 2.19 bits per heavy atom. The van der Waals surface area contributed by atoms with Gasteiger partial charge in [0, 0.05) is 19.7 Å². The van der Waals surface area contributed by atoms with Crippen LogP contribution in [0.25, 0.3) is 0 Å². The van der Waals surface area contributed by atoms with Gasteiger partial charge in [-0.05, 0) is 22.0 Å². The minimum absolute atomic E-state index is 0.0528. The van der Waals surface area contributed by atoms with Gasteiger partial charge in [0.25, 0.3) is 0 Å². The number of methoxy groups -OCH3 is 1. The summed E-state index contributed by atoms with van der Waals surface area (Å²) >= 11 is 3.52. The molecule has 1 atom stereocenters. The van der Waals surface area contributed by atoms with Crippen molar-refractivity contribution < 1.29 is 9.47 Å². The molecule has 0 spiro atoms. The van der Waals surface area contributed by atoms with Crippen LogP contribution in [-0.4, -0.2) is 30.7 Å². The maximum absolute atomic E-state index is 5.73. The number of hydrogen-bond donors (Lipinski definition) is 1. The van der Waals surface area contributed by atoms with E-state index >= 15 is 0 Å². The summed E-state index contributed by atoms with van der Waals surface area (Å²) in [6, 6.07) is 8.02. The molecule has 1 aromatic heterocycles. The van der Waals surface area contributed by atoms with Crippen LogP contribution in [-0.2, 0) is 11.3 Å². The Hall–Kier alpha value is -1.66. The molecule has 110 valence electrons. The minimum atomic E-state index is 0.0528. The fraction of sp³-hybridized carbons (Fsp3) is 0.333. The van der Waals surface area contributed by atoms with Crippen LogP contribution in [0.2, 0.25) is 0 Å². The van der Waals surface area contributed by atoms with Crippen molar-refractivity contribution in [3.63, 3.8) is 0 Å². The molecule has 3 rings (SSSR count). The van der Waals surface area contributed by atoms with E-state index in [1.54, 1.807) is 7.11 Å². The number of anilines is 1. The third-order valence-corrected chi connectivity index (χ3v) is 4.30. The summed E-state index contributed by atoms with van der Waals surface area (Å²) in [5, 5.41) is 3.09. The van der Waals surface area contributed by atoms with Crippen LogP contribution in [0.15, 0.2) is 28.7 Å². The lowest BCUT2D eigenvalue weighted by Crippen LogP contribution is -2.12. The Morgan fingerprint density at radius 3 is 2.95 bits per heavy atom. The maximum atomic E-state index is 5.73. The molecule has 1 unspecified atom stereocenters. The monoisotopic (exact) mass is 349 g/mol. The number of benzene rings is 1. The number of para-hydroxylation sites is 1. The van der Waals surface area contributed by atoms with E-state index in [4.69, 9.17) is 9.47 Å². The van der Waals surface area contributed by atoms with E-state index in [9.17, 15) is 0 Å². The summed E-state index contributed by atoms with van der Waals surface area (Å²) in [5.41, 5.74) is 1.96. The highest BCUT2D eigenvalue weighted by atomic mass is 79.9. The zero-order chi connectivity index (χ0) is 14.8. The third kappa shape index (κ3) is 2.61. The minimum Gasteiger partial charge on any atom is -0.492 e. The Bertz CT molecular complexity index is 663. The van der Waals surface area contributed by atoms with Crippen molar-refractivity contribution in [2.75, 3.05) is 26.1 Å². The molecule has 0 fully saturated rings. The lowest BCUT2D eigenvalue weighted by Gasteiger charge is -2.14. The summed E-state index contributed by atoms with van der Waals surface area (Å²) in [6.07, 6.45) is 0. The number of nitrogens with zero attached hydrogens (tertiary/aromatic N) is 2. The first kappa shape index (κ1) is 14.3. The van der Waals surface area contributed by atoms with Crippen LogP contribution < -0.4 is 10.1 Å². The smallest absolute Gasteiger partial charge is 0.144 e. The molecule has 0 amide bonds. The van der Waals surface area contributed by atoms with E-state index < -0.39 is 0 Å². The summed E-state index contributed by atoms with van der Waals surface area (Å²) in [6.45, 7) is 0.997. The summed E-state index contributed by atoms with van der Waals surface area (Å²) in [4.78, 5) is 9.26. The second kappa shape index (κ2) is 5.99. The molecule has 6 heteroatoms. The highest BCUT2D eigenvalue weighted by Gasteiger charge is 2.29. The topological polar surface area (TPSA) is 56.3 Å². The van der Waals surface area contributed by atoms with Crippen molar-refractivity contribution in [3.8, 4) is 5.75 Å². The molecule has 2 heterocycles. The molecule has 0 aliphatic carbocycles. The second-order valence-electron chi connectivity index (χ2n) is 4.78. The average Bonchev–Trinajstić information content (AvgIpc) is 2.93. The fourth-order valence-corrected chi connectivity index (χ4v) is 2.93. The Labute approximate surface area is 131 Å². The van der Waals surface area contributed by atoms with Gasteiger partial charge in [0.15, 0.2) is 0 Å². The van der Waals surface area contributed by atoms with Crippen LogP contribution in [0.3, 0.4) is 0 Å². The highest BCUT2D eigenvalue weighted by molar-refractivity contribution is 9.10. The molecule has 0 radical (unpaired) electrons. The van der Waals surface area contributed by atoms with Gasteiger partial charge < -0.3 is 14.8 Å². The van der Waals surface area contributed by atoms with E-state index in [0.717, 1.165) is 33.1 Å². The van der Waals surface area contributed by atoms with Gasteiger partial charge in [-0.15, -0.1) is 0 Å². The molecular weight excluding hydrogens is 334 g/mol. The molecule has 0 saturated carbocycles. The van der Waals surface area contributed by atoms with Gasteiger partial charge in [-0.3, -0.25) is 0 Å². The SMILES string of the molecule is CNc1nc(C2COc3ccccc32)nc(COC)c1Br. The first-order chi connectivity index (χ1) is 10.2. The lowest BCUT2D eigenvalue weighted by atomic mass is 10.0. The molecule has 2 aromatic rings. The molecule has 21 heavy (non-hydrogen) atoms. The van der Waals surface area contributed by atoms with Crippen molar-refractivity contribution in [3.05, 3.63) is 45.8 Å². The van der Waals surface area contributed by atoms with Gasteiger partial charge >= 0.3 is 0 Å². The van der Waals surface area contributed by atoms with Crippen LogP contribution >= 0.6 is 15.9 Å². The largest absolute Gasteiger partial charge is 0.492 e. The number of rotatable bonds is 4. The van der Waals surface area contributed by atoms with Crippen LogP contribution in [0.1, 0.15) is 23.0 Å². The predicted molar refractivity (Wildman–Crippen MR) is 83.8 cm³/mol. The van der Waals surface area contributed by atoms with Gasteiger partial charge in [-0.2, -0.15) is 0 Å². The molecule has 0 bridgehead atoms. The number of aromatic nitrogens is 2. The van der Waals surface area contributed by atoms with Crippen LogP contribution in [0, 0.1) is 0 Å². The van der Waals surface area contributed by atoms with Crippen molar-refractivity contribution >= 4 is 21.7 Å². The average molecular weight is 350 g/mol. The molecule has 5 nitrogen and oxygen atoms in total. The number of ether oxygens (including phenoxy) is 2. The number of hydrogen-bond acceptors (Lipinski definition) is 5. The summed E-state index contributed by atoms with van der Waals surface area (Å²) in [5.74, 6) is 2.47. The number of fused-ring (bicyclic) bond motifs is 1. The van der Waals surface area contributed by atoms with Crippen LogP contribution in [0.4, 0.5) is 5.82 Å². The first-order valence-electron chi connectivity index (χ1n) is 6.69. The van der Waals surface area contributed by atoms with Gasteiger partial charge in [0.1, 0.15) is 24.0 Å². The summed E-state index contributed by atoms with van der Waals surface area (Å²) in [7, 11) is 3.49. The number of nitrogens with one attached hydrogen (secondary N) is 1. The Morgan fingerprint density at radius 1 is 1.38 bits per heavy atom. The van der Waals surface area contributed by atoms with Gasteiger partial charge in [-0.1, -0.05) is 18.2 Å². The summed E-state index contributed by atoms with van der Waals surface area (Å²) < 4.78 is 11.8. The molecule has 1 aromatic carbocycles. The van der Waals surface area contributed by atoms with Crippen molar-refractivity contribution in [1.82, 2.24) is 9.97 Å². The van der Waals surface area contributed by atoms with Gasteiger partial charge in [0.2, 0.25) is 0 Å². The Kier molecular flexibility index (Phi) is 4.07. The standard InChI is InChI=1S/C15H16BrN3O2/c1-17-15-13(16)11(8-20-2)18-14(19-15)10-7-21-12-6-4-3-5-9(10)12/h3-6,10H,7-8H2,1-2H3,(H,17,18,19). The van der Waals surface area contributed by atoms with E-state index in [-0.39, 0.29) is 5.92 Å². The first-order valence-corrected chi connectivity index (χ1v) is 7.48. The quantitative estimate of drug-likeness (QED) is 0.919. The highest BCUT2D eigenvalue weighted by Crippen LogP contribution is 2.37. The normalized spacial score (nSPS) is 16.4. The Balaban J connectivity index is 2.05. The zero-order valence-electron chi connectivity index (χ0n) is 11.9.